The summed E-state index contributed by atoms with van der Waals surface area (Å²) in [5, 5.41) is 4.94. The Labute approximate surface area is 115 Å². The van der Waals surface area contributed by atoms with E-state index in [4.69, 9.17) is 0 Å². The molecule has 0 amide bonds. The minimum absolute atomic E-state index is 0.248. The maximum absolute atomic E-state index is 3.56. The van der Waals surface area contributed by atoms with E-state index in [-0.39, 0.29) is 5.54 Å². The van der Waals surface area contributed by atoms with Crippen LogP contribution in [0.15, 0.2) is 30.5 Å². The zero-order valence-electron chi connectivity index (χ0n) is 11.9. The number of rotatable bonds is 3. The number of piperazine rings is 1. The SMILES string of the molecule is CC1(C)CN(CCc2c[nH]c3ccccc23)CCN1. The van der Waals surface area contributed by atoms with Gasteiger partial charge >= 0.3 is 0 Å². The normalized spacial score (nSPS) is 19.9. The van der Waals surface area contributed by atoms with E-state index < -0.39 is 0 Å². The van der Waals surface area contributed by atoms with Crippen LogP contribution in [0.1, 0.15) is 19.4 Å². The molecule has 0 radical (unpaired) electrons. The van der Waals surface area contributed by atoms with Gasteiger partial charge < -0.3 is 10.3 Å². The molecule has 1 aromatic heterocycles. The quantitative estimate of drug-likeness (QED) is 0.884. The molecule has 0 aliphatic carbocycles. The van der Waals surface area contributed by atoms with Crippen LogP contribution >= 0.6 is 0 Å². The minimum Gasteiger partial charge on any atom is -0.361 e. The Morgan fingerprint density at radius 2 is 2.11 bits per heavy atom. The van der Waals surface area contributed by atoms with E-state index in [1.165, 1.54) is 16.5 Å². The maximum atomic E-state index is 3.56. The van der Waals surface area contributed by atoms with Gasteiger partial charge in [0.25, 0.3) is 0 Å². The smallest absolute Gasteiger partial charge is 0.0456 e. The minimum atomic E-state index is 0.248. The van der Waals surface area contributed by atoms with Gasteiger partial charge in [0.2, 0.25) is 0 Å². The van der Waals surface area contributed by atoms with Gasteiger partial charge in [0, 0.05) is 48.8 Å². The molecule has 1 aliphatic heterocycles. The lowest BCUT2D eigenvalue weighted by molar-refractivity contribution is 0.156. The fourth-order valence-electron chi connectivity index (χ4n) is 3.05. The van der Waals surface area contributed by atoms with Crippen LogP contribution in [0.5, 0.6) is 0 Å². The Kier molecular flexibility index (Phi) is 3.33. The second-order valence-electron chi connectivity index (χ2n) is 6.20. The molecule has 1 fully saturated rings. The van der Waals surface area contributed by atoms with E-state index in [2.05, 4.69) is 59.5 Å². The van der Waals surface area contributed by atoms with Crippen LogP contribution in [0.4, 0.5) is 0 Å². The molecule has 1 saturated heterocycles. The van der Waals surface area contributed by atoms with Gasteiger partial charge in [-0.15, -0.1) is 0 Å². The van der Waals surface area contributed by atoms with Gasteiger partial charge in [-0.25, -0.2) is 0 Å². The molecule has 19 heavy (non-hydrogen) atoms. The molecule has 0 saturated carbocycles. The zero-order valence-corrected chi connectivity index (χ0v) is 11.9. The third kappa shape index (κ3) is 2.82. The summed E-state index contributed by atoms with van der Waals surface area (Å²) in [5.41, 5.74) is 2.93. The van der Waals surface area contributed by atoms with E-state index >= 15 is 0 Å². The van der Waals surface area contributed by atoms with Crippen molar-refractivity contribution in [1.82, 2.24) is 15.2 Å². The average Bonchev–Trinajstić information content (AvgIpc) is 2.78. The number of para-hydroxylation sites is 1. The first-order valence-electron chi connectivity index (χ1n) is 7.16. The molecular weight excluding hydrogens is 234 g/mol. The topological polar surface area (TPSA) is 31.1 Å². The van der Waals surface area contributed by atoms with E-state index in [0.717, 1.165) is 32.6 Å². The average molecular weight is 257 g/mol. The van der Waals surface area contributed by atoms with Crippen LogP contribution in [-0.4, -0.2) is 41.6 Å². The van der Waals surface area contributed by atoms with Gasteiger partial charge in [-0.3, -0.25) is 4.90 Å². The number of aromatic nitrogens is 1. The lowest BCUT2D eigenvalue weighted by atomic mass is 10.0. The summed E-state index contributed by atoms with van der Waals surface area (Å²) in [5.74, 6) is 0. The van der Waals surface area contributed by atoms with Gasteiger partial charge in [0.15, 0.2) is 0 Å². The Hall–Kier alpha value is -1.32. The van der Waals surface area contributed by atoms with Crippen LogP contribution in [0, 0.1) is 0 Å². The molecule has 2 heterocycles. The number of hydrogen-bond acceptors (Lipinski definition) is 2. The molecule has 1 aliphatic rings. The van der Waals surface area contributed by atoms with E-state index in [9.17, 15) is 0 Å². The van der Waals surface area contributed by atoms with Crippen molar-refractivity contribution in [3.05, 3.63) is 36.0 Å². The molecule has 0 atom stereocenters. The molecule has 2 N–H and O–H groups in total. The lowest BCUT2D eigenvalue weighted by Gasteiger charge is -2.39. The van der Waals surface area contributed by atoms with E-state index in [1.807, 2.05) is 0 Å². The molecule has 3 heteroatoms. The highest BCUT2D eigenvalue weighted by atomic mass is 15.2. The van der Waals surface area contributed by atoms with Crippen molar-refractivity contribution in [3.63, 3.8) is 0 Å². The predicted molar refractivity (Wildman–Crippen MR) is 80.5 cm³/mol. The first-order chi connectivity index (χ1) is 9.14. The summed E-state index contributed by atoms with van der Waals surface area (Å²) in [6.45, 7) is 9.10. The van der Waals surface area contributed by atoms with E-state index in [0.29, 0.717) is 0 Å². The molecule has 102 valence electrons. The first kappa shape index (κ1) is 12.7. The zero-order chi connectivity index (χ0) is 13.3. The molecular formula is C16H23N3. The fourth-order valence-corrected chi connectivity index (χ4v) is 3.05. The summed E-state index contributed by atoms with van der Waals surface area (Å²) in [6.07, 6.45) is 3.29. The third-order valence-corrected chi connectivity index (χ3v) is 4.02. The molecule has 1 aromatic carbocycles. The summed E-state index contributed by atoms with van der Waals surface area (Å²) in [7, 11) is 0. The lowest BCUT2D eigenvalue weighted by Crippen LogP contribution is -2.57. The van der Waals surface area contributed by atoms with Gasteiger partial charge in [0.05, 0.1) is 0 Å². The van der Waals surface area contributed by atoms with Crippen LogP contribution in [0.25, 0.3) is 10.9 Å². The number of aromatic amines is 1. The molecule has 0 unspecified atom stereocenters. The summed E-state index contributed by atoms with van der Waals surface area (Å²) >= 11 is 0. The number of H-pyrrole nitrogens is 1. The highest BCUT2D eigenvalue weighted by Crippen LogP contribution is 2.19. The summed E-state index contributed by atoms with van der Waals surface area (Å²) < 4.78 is 0. The van der Waals surface area contributed by atoms with Crippen molar-refractivity contribution < 1.29 is 0 Å². The molecule has 2 aromatic rings. The van der Waals surface area contributed by atoms with Crippen molar-refractivity contribution in [1.29, 1.82) is 0 Å². The van der Waals surface area contributed by atoms with Crippen molar-refractivity contribution in [3.8, 4) is 0 Å². The Balaban J connectivity index is 1.66. The van der Waals surface area contributed by atoms with Crippen LogP contribution in [0.2, 0.25) is 0 Å². The summed E-state index contributed by atoms with van der Waals surface area (Å²) in [4.78, 5) is 5.93. The molecule has 3 rings (SSSR count). The van der Waals surface area contributed by atoms with Gasteiger partial charge in [0.1, 0.15) is 0 Å². The maximum Gasteiger partial charge on any atom is 0.0456 e. The van der Waals surface area contributed by atoms with Crippen molar-refractivity contribution >= 4 is 10.9 Å². The number of benzene rings is 1. The Bertz CT molecular complexity index is 556. The second-order valence-corrected chi connectivity index (χ2v) is 6.20. The van der Waals surface area contributed by atoms with Crippen LogP contribution in [0.3, 0.4) is 0 Å². The standard InChI is InChI=1S/C16H23N3/c1-16(2)12-19(10-8-18-16)9-7-13-11-17-15-6-4-3-5-14(13)15/h3-6,11,17-18H,7-10,12H2,1-2H3. The monoisotopic (exact) mass is 257 g/mol. The van der Waals surface area contributed by atoms with Gasteiger partial charge in [-0.1, -0.05) is 18.2 Å². The highest BCUT2D eigenvalue weighted by molar-refractivity contribution is 5.83. The molecule has 3 nitrogen and oxygen atoms in total. The van der Waals surface area contributed by atoms with Crippen LogP contribution < -0.4 is 5.32 Å². The third-order valence-electron chi connectivity index (χ3n) is 4.02. The van der Waals surface area contributed by atoms with Crippen molar-refractivity contribution in [2.75, 3.05) is 26.2 Å². The largest absolute Gasteiger partial charge is 0.361 e. The van der Waals surface area contributed by atoms with Crippen LogP contribution in [-0.2, 0) is 6.42 Å². The predicted octanol–water partition coefficient (Wildman–Crippen LogP) is 2.39. The van der Waals surface area contributed by atoms with Crippen molar-refractivity contribution in [2.45, 2.75) is 25.8 Å². The highest BCUT2D eigenvalue weighted by Gasteiger charge is 2.25. The van der Waals surface area contributed by atoms with Crippen molar-refractivity contribution in [2.24, 2.45) is 0 Å². The molecule has 0 bridgehead atoms. The Morgan fingerprint density at radius 1 is 1.26 bits per heavy atom. The van der Waals surface area contributed by atoms with Gasteiger partial charge in [-0.05, 0) is 31.9 Å². The fraction of sp³-hybridized carbons (Fsp3) is 0.500. The number of nitrogens with one attached hydrogen (secondary N) is 2. The Morgan fingerprint density at radius 3 is 2.95 bits per heavy atom. The number of fused-ring (bicyclic) bond motifs is 1. The van der Waals surface area contributed by atoms with E-state index in [1.54, 1.807) is 0 Å². The van der Waals surface area contributed by atoms with Gasteiger partial charge in [-0.2, -0.15) is 0 Å². The summed E-state index contributed by atoms with van der Waals surface area (Å²) in [6, 6.07) is 8.56. The second kappa shape index (κ2) is 4.99. The number of hydrogen-bond donors (Lipinski definition) is 2. The number of nitrogens with zero attached hydrogens (tertiary/aromatic N) is 1. The molecule has 0 spiro atoms. The first-order valence-corrected chi connectivity index (χ1v) is 7.16.